The quantitative estimate of drug-likeness (QED) is 0.808. The molecule has 5 nitrogen and oxygen atoms in total. The summed E-state index contributed by atoms with van der Waals surface area (Å²) in [6, 6.07) is 0.213. The second-order valence-electron chi connectivity index (χ2n) is 6.11. The molecular formula is C12H27N3O2S. The van der Waals surface area contributed by atoms with Crippen molar-refractivity contribution in [3.63, 3.8) is 0 Å². The summed E-state index contributed by atoms with van der Waals surface area (Å²) >= 11 is 0. The lowest BCUT2D eigenvalue weighted by Gasteiger charge is -2.39. The molecule has 1 heterocycles. The maximum Gasteiger partial charge on any atom is 0.280 e. The fourth-order valence-electron chi connectivity index (χ4n) is 2.37. The fraction of sp³-hybridized carbons (Fsp3) is 1.00. The average Bonchev–Trinajstić information content (AvgIpc) is 2.25. The van der Waals surface area contributed by atoms with Crippen molar-refractivity contribution in [3.05, 3.63) is 0 Å². The second kappa shape index (κ2) is 5.86. The van der Waals surface area contributed by atoms with Gasteiger partial charge >= 0.3 is 0 Å². The molecule has 1 fully saturated rings. The third-order valence-corrected chi connectivity index (χ3v) is 5.22. The van der Waals surface area contributed by atoms with Crippen molar-refractivity contribution in [2.24, 2.45) is 0 Å². The van der Waals surface area contributed by atoms with Crippen molar-refractivity contribution < 1.29 is 8.42 Å². The number of rotatable bonds is 4. The Morgan fingerprint density at radius 1 is 1.28 bits per heavy atom. The number of likely N-dealkylation sites (N-methyl/N-ethyl adjacent to an activating group) is 1. The molecule has 2 atom stereocenters. The Bertz CT molecular complexity index is 362. The molecule has 0 bridgehead atoms. The zero-order valence-electron chi connectivity index (χ0n) is 12.2. The summed E-state index contributed by atoms with van der Waals surface area (Å²) < 4.78 is 29.2. The highest BCUT2D eigenvalue weighted by atomic mass is 32.2. The molecule has 0 aromatic carbocycles. The van der Waals surface area contributed by atoms with Crippen molar-refractivity contribution >= 4 is 10.2 Å². The van der Waals surface area contributed by atoms with Crippen LogP contribution in [0.15, 0.2) is 0 Å². The number of hydrogen-bond acceptors (Lipinski definition) is 3. The molecule has 1 rings (SSSR count). The Morgan fingerprint density at radius 2 is 1.89 bits per heavy atom. The van der Waals surface area contributed by atoms with Gasteiger partial charge in [-0.1, -0.05) is 6.42 Å². The summed E-state index contributed by atoms with van der Waals surface area (Å²) in [4.78, 5) is 0. The van der Waals surface area contributed by atoms with Gasteiger partial charge in [-0.15, -0.1) is 0 Å². The molecule has 2 N–H and O–H groups in total. The van der Waals surface area contributed by atoms with E-state index >= 15 is 0 Å². The molecule has 1 aliphatic heterocycles. The van der Waals surface area contributed by atoms with Crippen molar-refractivity contribution in [3.8, 4) is 0 Å². The number of piperidine rings is 1. The smallest absolute Gasteiger partial charge is 0.280 e. The van der Waals surface area contributed by atoms with Gasteiger partial charge in [0.25, 0.3) is 10.2 Å². The third-order valence-electron chi connectivity index (χ3n) is 3.27. The zero-order valence-corrected chi connectivity index (χ0v) is 13.0. The first-order chi connectivity index (χ1) is 8.17. The Morgan fingerprint density at radius 3 is 2.39 bits per heavy atom. The van der Waals surface area contributed by atoms with Gasteiger partial charge in [-0.25, -0.2) is 0 Å². The van der Waals surface area contributed by atoms with Crippen molar-refractivity contribution in [1.29, 1.82) is 0 Å². The monoisotopic (exact) mass is 277 g/mol. The fourth-order valence-corrected chi connectivity index (χ4v) is 4.27. The zero-order chi connectivity index (χ0) is 14.0. The van der Waals surface area contributed by atoms with Gasteiger partial charge in [-0.05, 0) is 47.6 Å². The molecule has 0 aromatic rings. The Balaban J connectivity index is 2.89. The van der Waals surface area contributed by atoms with E-state index in [0.29, 0.717) is 6.54 Å². The van der Waals surface area contributed by atoms with Crippen molar-refractivity contribution in [1.82, 2.24) is 14.3 Å². The lowest BCUT2D eigenvalue weighted by Crippen LogP contribution is -2.58. The maximum absolute atomic E-state index is 12.4. The summed E-state index contributed by atoms with van der Waals surface area (Å²) in [5.74, 6) is 0. The predicted octanol–water partition coefficient (Wildman–Crippen LogP) is 1.08. The molecule has 1 saturated heterocycles. The van der Waals surface area contributed by atoms with E-state index < -0.39 is 15.7 Å². The van der Waals surface area contributed by atoms with Gasteiger partial charge in [0.15, 0.2) is 0 Å². The number of hydrogen-bond donors (Lipinski definition) is 2. The van der Waals surface area contributed by atoms with E-state index in [1.165, 1.54) is 0 Å². The van der Waals surface area contributed by atoms with Crippen LogP contribution < -0.4 is 10.0 Å². The van der Waals surface area contributed by atoms with Gasteiger partial charge in [-0.3, -0.25) is 0 Å². The number of nitrogens with zero attached hydrogens (tertiary/aromatic N) is 1. The molecule has 0 amide bonds. The minimum Gasteiger partial charge on any atom is -0.316 e. The summed E-state index contributed by atoms with van der Waals surface area (Å²) in [6.45, 7) is 8.25. The first kappa shape index (κ1) is 15.9. The first-order valence-corrected chi connectivity index (χ1v) is 8.09. The molecule has 2 unspecified atom stereocenters. The molecule has 1 aliphatic rings. The SMILES string of the molecule is CNC(C)C1CCCCN1S(=O)(=O)NC(C)(C)C. The molecular weight excluding hydrogens is 250 g/mol. The van der Waals surface area contributed by atoms with Crippen LogP contribution in [0.2, 0.25) is 0 Å². The van der Waals surface area contributed by atoms with E-state index in [9.17, 15) is 8.42 Å². The highest BCUT2D eigenvalue weighted by molar-refractivity contribution is 7.87. The van der Waals surface area contributed by atoms with Crippen LogP contribution in [-0.4, -0.2) is 43.9 Å². The van der Waals surface area contributed by atoms with Crippen LogP contribution in [0.5, 0.6) is 0 Å². The largest absolute Gasteiger partial charge is 0.316 e. The van der Waals surface area contributed by atoms with E-state index in [1.54, 1.807) is 4.31 Å². The van der Waals surface area contributed by atoms with Gasteiger partial charge in [-0.2, -0.15) is 17.4 Å². The lowest BCUT2D eigenvalue weighted by molar-refractivity contribution is 0.208. The van der Waals surface area contributed by atoms with Crippen LogP contribution in [0.25, 0.3) is 0 Å². The van der Waals surface area contributed by atoms with Crippen LogP contribution in [0.3, 0.4) is 0 Å². The van der Waals surface area contributed by atoms with E-state index in [1.807, 2.05) is 34.7 Å². The van der Waals surface area contributed by atoms with Gasteiger partial charge in [0.05, 0.1) is 0 Å². The average molecular weight is 277 g/mol. The molecule has 0 saturated carbocycles. The van der Waals surface area contributed by atoms with Crippen LogP contribution in [0.1, 0.15) is 47.0 Å². The van der Waals surface area contributed by atoms with Gasteiger partial charge in [0.1, 0.15) is 0 Å². The molecule has 0 aliphatic carbocycles. The topological polar surface area (TPSA) is 61.4 Å². The predicted molar refractivity (Wildman–Crippen MR) is 74.7 cm³/mol. The lowest BCUT2D eigenvalue weighted by atomic mass is 9.99. The Hall–Kier alpha value is -0.170. The van der Waals surface area contributed by atoms with E-state index in [2.05, 4.69) is 10.0 Å². The second-order valence-corrected chi connectivity index (χ2v) is 7.73. The van der Waals surface area contributed by atoms with Crippen LogP contribution in [0, 0.1) is 0 Å². The normalized spacial score (nSPS) is 25.1. The minimum atomic E-state index is -3.40. The molecule has 0 radical (unpaired) electrons. The maximum atomic E-state index is 12.4. The van der Waals surface area contributed by atoms with Gasteiger partial charge in [0, 0.05) is 24.2 Å². The molecule has 18 heavy (non-hydrogen) atoms. The summed E-state index contributed by atoms with van der Waals surface area (Å²) in [7, 11) is -1.53. The molecule has 6 heteroatoms. The highest BCUT2D eigenvalue weighted by Crippen LogP contribution is 2.23. The summed E-state index contributed by atoms with van der Waals surface area (Å²) in [5, 5.41) is 3.17. The van der Waals surface area contributed by atoms with Crippen LogP contribution >= 0.6 is 0 Å². The van der Waals surface area contributed by atoms with Gasteiger partial charge in [0.2, 0.25) is 0 Å². The Labute approximate surface area is 112 Å². The van der Waals surface area contributed by atoms with E-state index in [0.717, 1.165) is 19.3 Å². The Kier molecular flexibility index (Phi) is 5.17. The molecule has 0 aromatic heterocycles. The third kappa shape index (κ3) is 4.19. The van der Waals surface area contributed by atoms with E-state index in [4.69, 9.17) is 0 Å². The van der Waals surface area contributed by atoms with Crippen LogP contribution in [-0.2, 0) is 10.2 Å². The first-order valence-electron chi connectivity index (χ1n) is 6.65. The van der Waals surface area contributed by atoms with Crippen LogP contribution in [0.4, 0.5) is 0 Å². The van der Waals surface area contributed by atoms with Crippen molar-refractivity contribution in [2.75, 3.05) is 13.6 Å². The summed E-state index contributed by atoms with van der Waals surface area (Å²) in [5.41, 5.74) is -0.441. The molecule has 108 valence electrons. The highest BCUT2D eigenvalue weighted by Gasteiger charge is 2.36. The minimum absolute atomic E-state index is 0.0450. The number of nitrogens with one attached hydrogen (secondary N) is 2. The summed E-state index contributed by atoms with van der Waals surface area (Å²) in [6.07, 6.45) is 2.96. The van der Waals surface area contributed by atoms with E-state index in [-0.39, 0.29) is 12.1 Å². The standard InChI is InChI=1S/C12H27N3O2S/c1-10(13-5)11-8-6-7-9-15(11)18(16,17)14-12(2,3)4/h10-11,13-14H,6-9H2,1-5H3. The molecule has 0 spiro atoms. The van der Waals surface area contributed by atoms with Gasteiger partial charge < -0.3 is 5.32 Å². The van der Waals surface area contributed by atoms with Crippen molar-refractivity contribution in [2.45, 2.75) is 64.6 Å².